The molecule has 0 atom stereocenters. The quantitative estimate of drug-likeness (QED) is 0.747. The smallest absolute Gasteiger partial charge is 0.360 e. The standard InChI is InChI=1S/C10H15N3O2/c1-15-10(14)8-9(11)13(6-12-8)7-4-2-3-5-7/h6-7H,2-5,11H2,1H3. The number of esters is 1. The largest absolute Gasteiger partial charge is 0.464 e. The molecule has 0 aromatic carbocycles. The summed E-state index contributed by atoms with van der Waals surface area (Å²) < 4.78 is 6.49. The Kier molecular flexibility index (Phi) is 2.62. The van der Waals surface area contributed by atoms with Gasteiger partial charge in [0.25, 0.3) is 0 Å². The molecular weight excluding hydrogens is 194 g/mol. The van der Waals surface area contributed by atoms with Crippen molar-refractivity contribution < 1.29 is 9.53 Å². The van der Waals surface area contributed by atoms with E-state index in [9.17, 15) is 4.79 Å². The van der Waals surface area contributed by atoms with Crippen LogP contribution in [0.15, 0.2) is 6.33 Å². The average Bonchev–Trinajstić information content (AvgIpc) is 2.85. The Morgan fingerprint density at radius 2 is 2.27 bits per heavy atom. The maximum atomic E-state index is 11.3. The summed E-state index contributed by atoms with van der Waals surface area (Å²) in [5, 5.41) is 0. The molecule has 82 valence electrons. The van der Waals surface area contributed by atoms with Crippen LogP contribution in [0.2, 0.25) is 0 Å². The zero-order chi connectivity index (χ0) is 10.8. The summed E-state index contributed by atoms with van der Waals surface area (Å²) in [6.45, 7) is 0. The molecule has 0 saturated heterocycles. The number of nitrogens with two attached hydrogens (primary N) is 1. The maximum absolute atomic E-state index is 11.3. The fraction of sp³-hybridized carbons (Fsp3) is 0.600. The van der Waals surface area contributed by atoms with Gasteiger partial charge in [-0.05, 0) is 12.8 Å². The predicted molar refractivity (Wildman–Crippen MR) is 55.5 cm³/mol. The van der Waals surface area contributed by atoms with Crippen LogP contribution in [0.4, 0.5) is 5.82 Å². The molecule has 0 radical (unpaired) electrons. The minimum atomic E-state index is -0.468. The summed E-state index contributed by atoms with van der Waals surface area (Å²) in [5.41, 5.74) is 6.09. The number of rotatable bonds is 2. The summed E-state index contributed by atoms with van der Waals surface area (Å²) in [7, 11) is 1.33. The molecule has 0 spiro atoms. The van der Waals surface area contributed by atoms with Gasteiger partial charge in [0.05, 0.1) is 13.4 Å². The number of anilines is 1. The monoisotopic (exact) mass is 209 g/mol. The third-order valence-corrected chi connectivity index (χ3v) is 2.93. The fourth-order valence-corrected chi connectivity index (χ4v) is 2.10. The molecule has 2 N–H and O–H groups in total. The van der Waals surface area contributed by atoms with Crippen LogP contribution in [0, 0.1) is 0 Å². The van der Waals surface area contributed by atoms with E-state index >= 15 is 0 Å². The van der Waals surface area contributed by atoms with Gasteiger partial charge in [-0.15, -0.1) is 0 Å². The van der Waals surface area contributed by atoms with Crippen molar-refractivity contribution in [3.63, 3.8) is 0 Å². The van der Waals surface area contributed by atoms with Crippen molar-refractivity contribution in [3.05, 3.63) is 12.0 Å². The lowest BCUT2D eigenvalue weighted by Gasteiger charge is -2.12. The SMILES string of the molecule is COC(=O)c1ncn(C2CCCC2)c1N. The summed E-state index contributed by atoms with van der Waals surface area (Å²) in [6, 6.07) is 0.399. The number of hydrogen-bond donors (Lipinski definition) is 1. The van der Waals surface area contributed by atoms with Gasteiger partial charge in [-0.2, -0.15) is 0 Å². The molecule has 2 rings (SSSR count). The summed E-state index contributed by atoms with van der Waals surface area (Å²) >= 11 is 0. The Balaban J connectivity index is 2.26. The lowest BCUT2D eigenvalue weighted by molar-refractivity contribution is 0.0596. The Labute approximate surface area is 88.2 Å². The molecule has 0 aliphatic heterocycles. The number of hydrogen-bond acceptors (Lipinski definition) is 4. The predicted octanol–water partition coefficient (Wildman–Crippen LogP) is 1.37. The van der Waals surface area contributed by atoms with Gasteiger partial charge in [0.15, 0.2) is 5.69 Å². The van der Waals surface area contributed by atoms with E-state index in [1.165, 1.54) is 20.0 Å². The molecule has 1 aliphatic carbocycles. The van der Waals surface area contributed by atoms with Crippen LogP contribution >= 0.6 is 0 Å². The maximum Gasteiger partial charge on any atom is 0.360 e. The van der Waals surface area contributed by atoms with Crippen molar-refractivity contribution >= 4 is 11.8 Å². The molecule has 1 fully saturated rings. The van der Waals surface area contributed by atoms with E-state index in [2.05, 4.69) is 9.72 Å². The highest BCUT2D eigenvalue weighted by atomic mass is 16.5. The van der Waals surface area contributed by atoms with Gasteiger partial charge in [0.2, 0.25) is 0 Å². The highest BCUT2D eigenvalue weighted by Gasteiger charge is 2.23. The van der Waals surface area contributed by atoms with E-state index in [1.54, 1.807) is 6.33 Å². The number of carbonyl (C=O) groups is 1. The highest BCUT2D eigenvalue weighted by Crippen LogP contribution is 2.31. The lowest BCUT2D eigenvalue weighted by atomic mass is 10.2. The van der Waals surface area contributed by atoms with Gasteiger partial charge in [-0.1, -0.05) is 12.8 Å². The minimum absolute atomic E-state index is 0.226. The second kappa shape index (κ2) is 3.92. The molecule has 0 unspecified atom stereocenters. The Morgan fingerprint density at radius 3 is 2.87 bits per heavy atom. The average molecular weight is 209 g/mol. The van der Waals surface area contributed by atoms with Gasteiger partial charge in [-0.3, -0.25) is 0 Å². The van der Waals surface area contributed by atoms with Crippen molar-refractivity contribution in [2.45, 2.75) is 31.7 Å². The van der Waals surface area contributed by atoms with Crippen LogP contribution < -0.4 is 5.73 Å². The fourth-order valence-electron chi connectivity index (χ4n) is 2.10. The molecule has 1 aromatic heterocycles. The topological polar surface area (TPSA) is 70.1 Å². The van der Waals surface area contributed by atoms with E-state index in [4.69, 9.17) is 5.73 Å². The van der Waals surface area contributed by atoms with Crippen LogP contribution in [0.1, 0.15) is 42.2 Å². The molecule has 0 bridgehead atoms. The molecule has 5 nitrogen and oxygen atoms in total. The normalized spacial score (nSPS) is 16.9. The van der Waals surface area contributed by atoms with E-state index in [0.29, 0.717) is 11.9 Å². The van der Waals surface area contributed by atoms with Crippen LogP contribution in [0.3, 0.4) is 0 Å². The number of nitrogen functional groups attached to an aromatic ring is 1. The first-order chi connectivity index (χ1) is 7.24. The van der Waals surface area contributed by atoms with E-state index < -0.39 is 5.97 Å². The summed E-state index contributed by atoms with van der Waals surface area (Å²) in [6.07, 6.45) is 6.30. The van der Waals surface area contributed by atoms with Crippen molar-refractivity contribution in [1.82, 2.24) is 9.55 Å². The number of methoxy groups -OCH3 is 1. The molecule has 0 amide bonds. The van der Waals surface area contributed by atoms with Crippen molar-refractivity contribution in [1.29, 1.82) is 0 Å². The van der Waals surface area contributed by atoms with E-state index in [0.717, 1.165) is 12.8 Å². The molecule has 5 heteroatoms. The van der Waals surface area contributed by atoms with Crippen molar-refractivity contribution in [2.24, 2.45) is 0 Å². The highest BCUT2D eigenvalue weighted by molar-refractivity contribution is 5.92. The van der Waals surface area contributed by atoms with E-state index in [-0.39, 0.29) is 5.69 Å². The Hall–Kier alpha value is -1.52. The van der Waals surface area contributed by atoms with Crippen LogP contribution in [0.25, 0.3) is 0 Å². The Bertz CT molecular complexity index is 367. The number of nitrogens with zero attached hydrogens (tertiary/aromatic N) is 2. The van der Waals surface area contributed by atoms with Crippen LogP contribution in [0.5, 0.6) is 0 Å². The zero-order valence-corrected chi connectivity index (χ0v) is 8.77. The number of imidazole rings is 1. The van der Waals surface area contributed by atoms with Crippen molar-refractivity contribution in [2.75, 3.05) is 12.8 Å². The second-order valence-electron chi connectivity index (χ2n) is 3.82. The lowest BCUT2D eigenvalue weighted by Crippen LogP contribution is -2.10. The first-order valence-electron chi connectivity index (χ1n) is 5.14. The van der Waals surface area contributed by atoms with E-state index in [1.807, 2.05) is 4.57 Å². The molecule has 1 heterocycles. The number of ether oxygens (including phenoxy) is 1. The van der Waals surface area contributed by atoms with Gasteiger partial charge in [0.1, 0.15) is 5.82 Å². The Morgan fingerprint density at radius 1 is 1.60 bits per heavy atom. The molecule has 1 aromatic rings. The number of carbonyl (C=O) groups excluding carboxylic acids is 1. The van der Waals surface area contributed by atoms with Gasteiger partial charge in [0, 0.05) is 6.04 Å². The third kappa shape index (κ3) is 1.69. The second-order valence-corrected chi connectivity index (χ2v) is 3.82. The van der Waals surface area contributed by atoms with Gasteiger partial charge >= 0.3 is 5.97 Å². The van der Waals surface area contributed by atoms with Gasteiger partial charge < -0.3 is 15.0 Å². The third-order valence-electron chi connectivity index (χ3n) is 2.93. The van der Waals surface area contributed by atoms with Crippen molar-refractivity contribution in [3.8, 4) is 0 Å². The van der Waals surface area contributed by atoms with Crippen LogP contribution in [-0.4, -0.2) is 22.6 Å². The minimum Gasteiger partial charge on any atom is -0.464 e. The molecule has 15 heavy (non-hydrogen) atoms. The zero-order valence-electron chi connectivity index (χ0n) is 8.77. The summed E-state index contributed by atoms with van der Waals surface area (Å²) in [4.78, 5) is 15.3. The number of aromatic nitrogens is 2. The molecular formula is C10H15N3O2. The first-order valence-corrected chi connectivity index (χ1v) is 5.14. The van der Waals surface area contributed by atoms with Gasteiger partial charge in [-0.25, -0.2) is 9.78 Å². The summed E-state index contributed by atoms with van der Waals surface area (Å²) in [5.74, 6) is -0.0435. The molecule has 1 saturated carbocycles. The molecule has 1 aliphatic rings. The first kappa shape index (κ1) is 10.0. The van der Waals surface area contributed by atoms with Crippen LogP contribution in [-0.2, 0) is 4.74 Å².